The number of aliphatic hydroxyl groups is 1. The van der Waals surface area contributed by atoms with Crippen LogP contribution in [0.15, 0.2) is 72.8 Å². The van der Waals surface area contributed by atoms with Crippen LogP contribution in [0.25, 0.3) is 0 Å². The van der Waals surface area contributed by atoms with E-state index in [4.69, 9.17) is 19.9 Å². The van der Waals surface area contributed by atoms with Gasteiger partial charge in [0.25, 0.3) is 0 Å². The standard InChI is InChI=1S/C36H46N4O6/c1-44-24-29-7-6-20-40(29)22-30-21-33(26-14-12-25(23-41)13-15-26)46-36(45-30)27-16-18-28(19-17-27)38-34(42)10-4-5-11-35(43)39-32-9-3-2-8-31(32)37/h2-3,8-9,12-19,29-30,33,36,41H,4-7,10-11,20-24,37H2,1H3,(H,38,42)(H,39,43)/t29-,30-,33+,36+/m0/s1. The molecule has 5 rings (SSSR count). The van der Waals surface area contributed by atoms with Crippen LogP contribution in [-0.4, -0.2) is 60.8 Å². The number of nitrogen functional groups attached to an aromatic ring is 1. The van der Waals surface area contributed by atoms with Crippen LogP contribution in [0.3, 0.4) is 0 Å². The summed E-state index contributed by atoms with van der Waals surface area (Å²) < 4.78 is 18.5. The van der Waals surface area contributed by atoms with Gasteiger partial charge in [-0.25, -0.2) is 0 Å². The first-order valence-corrected chi connectivity index (χ1v) is 16.2. The molecule has 2 heterocycles. The van der Waals surface area contributed by atoms with Crippen LogP contribution in [0, 0.1) is 0 Å². The van der Waals surface area contributed by atoms with Gasteiger partial charge in [0.15, 0.2) is 6.29 Å². The third-order valence-electron chi connectivity index (χ3n) is 8.67. The van der Waals surface area contributed by atoms with Crippen LogP contribution in [0.1, 0.15) is 74.0 Å². The van der Waals surface area contributed by atoms with Crippen LogP contribution in [-0.2, 0) is 30.4 Å². The molecule has 2 fully saturated rings. The van der Waals surface area contributed by atoms with Gasteiger partial charge in [0, 0.05) is 50.2 Å². The van der Waals surface area contributed by atoms with E-state index < -0.39 is 6.29 Å². The molecule has 246 valence electrons. The van der Waals surface area contributed by atoms with Crippen LogP contribution in [0.2, 0.25) is 0 Å². The second kappa shape index (κ2) is 16.7. The summed E-state index contributed by atoms with van der Waals surface area (Å²) in [6.07, 6.45) is 4.06. The summed E-state index contributed by atoms with van der Waals surface area (Å²) in [7, 11) is 1.75. The van der Waals surface area contributed by atoms with Gasteiger partial charge in [-0.05, 0) is 67.6 Å². The molecule has 0 bridgehead atoms. The Hall–Kier alpha value is -3.80. The third-order valence-corrected chi connectivity index (χ3v) is 8.67. The van der Waals surface area contributed by atoms with Crippen molar-refractivity contribution in [2.45, 2.75) is 76.1 Å². The maximum Gasteiger partial charge on any atom is 0.224 e. The van der Waals surface area contributed by atoms with Gasteiger partial charge < -0.3 is 35.7 Å². The Balaban J connectivity index is 1.14. The molecule has 2 saturated heterocycles. The van der Waals surface area contributed by atoms with Crippen LogP contribution < -0.4 is 16.4 Å². The van der Waals surface area contributed by atoms with Crippen molar-refractivity contribution < 1.29 is 28.9 Å². The maximum atomic E-state index is 12.6. The van der Waals surface area contributed by atoms with Crippen molar-refractivity contribution in [3.8, 4) is 0 Å². The predicted molar refractivity (Wildman–Crippen MR) is 178 cm³/mol. The molecule has 3 aromatic carbocycles. The van der Waals surface area contributed by atoms with Gasteiger partial charge in [0.1, 0.15) is 0 Å². The average Bonchev–Trinajstić information content (AvgIpc) is 3.50. The molecule has 4 atom stereocenters. The van der Waals surface area contributed by atoms with Gasteiger partial charge in [-0.15, -0.1) is 0 Å². The molecule has 3 aromatic rings. The first kappa shape index (κ1) is 33.6. The normalized spacial score (nSPS) is 21.6. The molecule has 0 aliphatic carbocycles. The van der Waals surface area contributed by atoms with Crippen LogP contribution in [0.4, 0.5) is 17.1 Å². The number of likely N-dealkylation sites (tertiary alicyclic amines) is 1. The molecule has 5 N–H and O–H groups in total. The van der Waals surface area contributed by atoms with Crippen molar-refractivity contribution in [2.75, 3.05) is 43.2 Å². The van der Waals surface area contributed by atoms with E-state index in [1.807, 2.05) is 60.7 Å². The second-order valence-electron chi connectivity index (χ2n) is 12.1. The van der Waals surface area contributed by atoms with Crippen LogP contribution in [0.5, 0.6) is 0 Å². The number of methoxy groups -OCH3 is 1. The minimum Gasteiger partial charge on any atom is -0.397 e. The first-order valence-electron chi connectivity index (χ1n) is 16.2. The Bertz CT molecular complexity index is 1420. The van der Waals surface area contributed by atoms with E-state index in [9.17, 15) is 14.7 Å². The van der Waals surface area contributed by atoms with E-state index in [1.54, 1.807) is 19.2 Å². The molecule has 0 spiro atoms. The van der Waals surface area contributed by atoms with Crippen molar-refractivity contribution in [1.29, 1.82) is 0 Å². The molecule has 0 aromatic heterocycles. The monoisotopic (exact) mass is 630 g/mol. The van der Waals surface area contributed by atoms with E-state index in [-0.39, 0.29) is 30.6 Å². The Morgan fingerprint density at radius 2 is 1.63 bits per heavy atom. The summed E-state index contributed by atoms with van der Waals surface area (Å²) in [6.45, 7) is 2.54. The fourth-order valence-corrected chi connectivity index (χ4v) is 6.15. The number of hydrogen-bond donors (Lipinski definition) is 4. The molecule has 0 saturated carbocycles. The topological polar surface area (TPSA) is 135 Å². The van der Waals surface area contributed by atoms with Crippen molar-refractivity contribution in [3.05, 3.63) is 89.5 Å². The van der Waals surface area contributed by atoms with E-state index in [0.29, 0.717) is 55.4 Å². The number of anilines is 3. The number of nitrogens with two attached hydrogens (primary N) is 1. The van der Waals surface area contributed by atoms with Gasteiger partial charge in [0.05, 0.1) is 36.8 Å². The lowest BCUT2D eigenvalue weighted by Crippen LogP contribution is -2.42. The summed E-state index contributed by atoms with van der Waals surface area (Å²) in [5.74, 6) is -0.226. The minimum atomic E-state index is -0.563. The van der Waals surface area contributed by atoms with Gasteiger partial charge >= 0.3 is 0 Å². The van der Waals surface area contributed by atoms with E-state index >= 15 is 0 Å². The lowest BCUT2D eigenvalue weighted by atomic mass is 9.99. The minimum absolute atomic E-state index is 0.000735. The molecule has 2 aliphatic heterocycles. The summed E-state index contributed by atoms with van der Waals surface area (Å²) in [4.78, 5) is 27.3. The molecule has 2 aliphatic rings. The van der Waals surface area contributed by atoms with Crippen molar-refractivity contribution >= 4 is 28.9 Å². The molecule has 10 nitrogen and oxygen atoms in total. The van der Waals surface area contributed by atoms with Crippen molar-refractivity contribution in [3.63, 3.8) is 0 Å². The number of aliphatic hydroxyl groups excluding tert-OH is 1. The highest BCUT2D eigenvalue weighted by molar-refractivity contribution is 5.94. The highest BCUT2D eigenvalue weighted by Crippen LogP contribution is 2.39. The highest BCUT2D eigenvalue weighted by Gasteiger charge is 2.35. The number of nitrogens with zero attached hydrogens (tertiary/aromatic N) is 1. The number of hydrogen-bond acceptors (Lipinski definition) is 8. The van der Waals surface area contributed by atoms with Crippen molar-refractivity contribution in [2.24, 2.45) is 0 Å². The molecular weight excluding hydrogens is 584 g/mol. The van der Waals surface area contributed by atoms with E-state index in [0.717, 1.165) is 49.0 Å². The summed E-state index contributed by atoms with van der Waals surface area (Å²) >= 11 is 0. The average molecular weight is 631 g/mol. The molecule has 46 heavy (non-hydrogen) atoms. The lowest BCUT2D eigenvalue weighted by molar-refractivity contribution is -0.253. The third kappa shape index (κ3) is 9.37. The largest absolute Gasteiger partial charge is 0.397 e. The number of rotatable bonds is 14. The highest BCUT2D eigenvalue weighted by atomic mass is 16.7. The summed E-state index contributed by atoms with van der Waals surface area (Å²) in [5, 5.41) is 15.3. The fraction of sp³-hybridized carbons (Fsp3) is 0.444. The van der Waals surface area contributed by atoms with E-state index in [1.165, 1.54) is 0 Å². The summed E-state index contributed by atoms with van der Waals surface area (Å²) in [6, 6.07) is 23.0. The zero-order valence-electron chi connectivity index (χ0n) is 26.5. The number of benzene rings is 3. The van der Waals surface area contributed by atoms with Crippen molar-refractivity contribution in [1.82, 2.24) is 4.90 Å². The zero-order valence-corrected chi connectivity index (χ0v) is 26.5. The zero-order chi connectivity index (χ0) is 32.3. The van der Waals surface area contributed by atoms with Gasteiger partial charge in [0.2, 0.25) is 11.8 Å². The van der Waals surface area contributed by atoms with Crippen LogP contribution >= 0.6 is 0 Å². The molecular formula is C36H46N4O6. The maximum absolute atomic E-state index is 12.6. The quantitative estimate of drug-likeness (QED) is 0.134. The molecule has 0 unspecified atom stereocenters. The summed E-state index contributed by atoms with van der Waals surface area (Å²) in [5.41, 5.74) is 10.5. The molecule has 2 amide bonds. The number of para-hydroxylation sites is 2. The Labute approximate surface area is 271 Å². The number of unbranched alkanes of at least 4 members (excludes halogenated alkanes) is 1. The number of ether oxygens (including phenoxy) is 3. The smallest absolute Gasteiger partial charge is 0.224 e. The Kier molecular flexibility index (Phi) is 12.2. The molecule has 10 heteroatoms. The Morgan fingerprint density at radius 1 is 0.935 bits per heavy atom. The number of amides is 2. The fourth-order valence-electron chi connectivity index (χ4n) is 6.15. The van der Waals surface area contributed by atoms with Gasteiger partial charge in [-0.3, -0.25) is 14.5 Å². The first-order chi connectivity index (χ1) is 22.4. The lowest BCUT2D eigenvalue weighted by Gasteiger charge is -2.38. The van der Waals surface area contributed by atoms with Gasteiger partial charge in [-0.1, -0.05) is 48.5 Å². The van der Waals surface area contributed by atoms with E-state index in [2.05, 4.69) is 15.5 Å². The predicted octanol–water partition coefficient (Wildman–Crippen LogP) is 5.55. The molecule has 0 radical (unpaired) electrons. The number of carbonyl (C=O) groups excluding carboxylic acids is 2. The number of carbonyl (C=O) groups is 2. The SMILES string of the molecule is COC[C@@H]1CCCN1C[C@@H]1C[C@H](c2ccc(CO)cc2)O[C@H](c2ccc(NC(=O)CCCCC(=O)Nc3ccccc3N)cc2)O1. The van der Waals surface area contributed by atoms with Gasteiger partial charge in [-0.2, -0.15) is 0 Å². The second-order valence-corrected chi connectivity index (χ2v) is 12.1. The number of nitrogens with one attached hydrogen (secondary N) is 2. The Morgan fingerprint density at radius 3 is 2.33 bits per heavy atom.